The third-order valence-corrected chi connectivity index (χ3v) is 9.27. The maximum atomic E-state index is 9.80. The van der Waals surface area contributed by atoms with E-state index >= 15 is 0 Å². The van der Waals surface area contributed by atoms with Crippen molar-refractivity contribution >= 4 is 43.9 Å². The molecular weight excluding hydrogens is 585 g/mol. The van der Waals surface area contributed by atoms with Gasteiger partial charge in [0.25, 0.3) is 0 Å². The molecule has 0 spiro atoms. The van der Waals surface area contributed by atoms with Gasteiger partial charge in [0.1, 0.15) is 11.5 Å². The Balaban J connectivity index is 0.000000557. The lowest BCUT2D eigenvalue weighted by Gasteiger charge is -2.26. The van der Waals surface area contributed by atoms with Crippen LogP contribution in [0.4, 0.5) is 34.1 Å². The first-order valence-electron chi connectivity index (χ1n) is 15.7. The van der Waals surface area contributed by atoms with E-state index in [0.717, 1.165) is 51.9 Å². The highest BCUT2D eigenvalue weighted by molar-refractivity contribution is 6.27. The third kappa shape index (κ3) is 7.67. The van der Waals surface area contributed by atoms with E-state index in [1.807, 2.05) is 60.7 Å². The molecular formula is C40H38N2O3Si. The van der Waals surface area contributed by atoms with E-state index in [0.29, 0.717) is 0 Å². The Hall–Kier alpha value is -5.30. The second kappa shape index (κ2) is 15.1. The van der Waals surface area contributed by atoms with Crippen LogP contribution in [-0.2, 0) is 4.43 Å². The molecule has 6 aromatic rings. The van der Waals surface area contributed by atoms with Crippen LogP contribution in [0.15, 0.2) is 158 Å². The minimum Gasteiger partial charge on any atom is -0.508 e. The normalized spacial score (nSPS) is 13.0. The van der Waals surface area contributed by atoms with E-state index in [4.69, 9.17) is 4.43 Å². The van der Waals surface area contributed by atoms with Crippen LogP contribution in [0.25, 0.3) is 11.1 Å². The molecule has 1 fully saturated rings. The quantitative estimate of drug-likeness (QED) is 0.174. The van der Waals surface area contributed by atoms with Gasteiger partial charge in [0, 0.05) is 40.7 Å². The van der Waals surface area contributed by atoms with Gasteiger partial charge in [-0.15, -0.1) is 0 Å². The molecule has 0 saturated carbocycles. The first-order valence-corrected chi connectivity index (χ1v) is 17.3. The number of nitrogens with zero attached hydrogens (tertiary/aromatic N) is 2. The van der Waals surface area contributed by atoms with Gasteiger partial charge in [0.2, 0.25) is 0 Å². The SMILES string of the molecule is C1CC[SiH2]OC1.Oc1ccc(N(c2ccccc2)c2ccc(-c3ccc(N(c4ccccc4)c4ccc(O)cc4)cc3)cc2)cc1. The Bertz CT molecular complexity index is 1630. The molecule has 6 aromatic carbocycles. The zero-order valence-electron chi connectivity index (χ0n) is 25.7. The summed E-state index contributed by atoms with van der Waals surface area (Å²) >= 11 is 0. The van der Waals surface area contributed by atoms with Gasteiger partial charge in [-0.05, 0) is 121 Å². The monoisotopic (exact) mass is 622 g/mol. The molecule has 0 unspecified atom stereocenters. The largest absolute Gasteiger partial charge is 0.508 e. The molecule has 230 valence electrons. The molecule has 46 heavy (non-hydrogen) atoms. The van der Waals surface area contributed by atoms with Crippen LogP contribution in [0, 0.1) is 0 Å². The number of phenolic OH excluding ortho intramolecular Hbond substituents is 2. The van der Waals surface area contributed by atoms with Crippen molar-refractivity contribution in [2.24, 2.45) is 0 Å². The molecule has 1 aliphatic rings. The molecule has 0 aromatic heterocycles. The van der Waals surface area contributed by atoms with Crippen molar-refractivity contribution in [3.8, 4) is 22.6 Å². The number of aromatic hydroxyl groups is 2. The van der Waals surface area contributed by atoms with Crippen LogP contribution < -0.4 is 9.80 Å². The number of hydrogen-bond acceptors (Lipinski definition) is 5. The van der Waals surface area contributed by atoms with Gasteiger partial charge in [0.05, 0.1) is 0 Å². The summed E-state index contributed by atoms with van der Waals surface area (Å²) in [7, 11) is 0.00849. The van der Waals surface area contributed by atoms with Gasteiger partial charge >= 0.3 is 0 Å². The lowest BCUT2D eigenvalue weighted by Crippen LogP contribution is -2.09. The fourth-order valence-electron chi connectivity index (χ4n) is 5.54. The van der Waals surface area contributed by atoms with E-state index in [-0.39, 0.29) is 21.3 Å². The predicted octanol–water partition coefficient (Wildman–Crippen LogP) is 10.0. The topological polar surface area (TPSA) is 56.2 Å². The molecule has 1 heterocycles. The van der Waals surface area contributed by atoms with Crippen LogP contribution >= 0.6 is 0 Å². The lowest BCUT2D eigenvalue weighted by molar-refractivity contribution is 0.304. The van der Waals surface area contributed by atoms with Gasteiger partial charge < -0.3 is 24.4 Å². The number of rotatable bonds is 7. The molecule has 0 aliphatic carbocycles. The first-order chi connectivity index (χ1) is 22.7. The van der Waals surface area contributed by atoms with E-state index in [9.17, 15) is 10.2 Å². The molecule has 6 heteroatoms. The van der Waals surface area contributed by atoms with Crippen LogP contribution in [0.2, 0.25) is 6.04 Å². The average Bonchev–Trinajstić information content (AvgIpc) is 3.13. The van der Waals surface area contributed by atoms with Crippen LogP contribution in [0.1, 0.15) is 12.8 Å². The highest BCUT2D eigenvalue weighted by atomic mass is 28.2. The van der Waals surface area contributed by atoms with Crippen LogP contribution in [0.5, 0.6) is 11.5 Å². The van der Waals surface area contributed by atoms with Crippen molar-refractivity contribution in [3.05, 3.63) is 158 Å². The van der Waals surface area contributed by atoms with Gasteiger partial charge in [-0.1, -0.05) is 67.1 Å². The maximum absolute atomic E-state index is 9.80. The highest BCUT2D eigenvalue weighted by Gasteiger charge is 2.14. The summed E-state index contributed by atoms with van der Waals surface area (Å²) < 4.78 is 5.21. The smallest absolute Gasteiger partial charge is 0.161 e. The Labute approximate surface area is 273 Å². The molecule has 0 radical (unpaired) electrons. The number of para-hydroxylation sites is 2. The summed E-state index contributed by atoms with van der Waals surface area (Å²) in [5, 5.41) is 19.6. The summed E-state index contributed by atoms with van der Waals surface area (Å²) in [6, 6.07) is 53.3. The summed E-state index contributed by atoms with van der Waals surface area (Å²) in [6.07, 6.45) is 2.75. The second-order valence-electron chi connectivity index (χ2n) is 11.1. The predicted molar refractivity (Wildman–Crippen MR) is 193 cm³/mol. The number of phenols is 2. The number of anilines is 6. The molecule has 0 amide bonds. The summed E-state index contributed by atoms with van der Waals surface area (Å²) in [5.41, 5.74) is 8.31. The molecule has 1 saturated heterocycles. The van der Waals surface area contributed by atoms with E-state index in [2.05, 4.69) is 82.6 Å². The number of hydrogen-bond donors (Lipinski definition) is 2. The average molecular weight is 623 g/mol. The van der Waals surface area contributed by atoms with Crippen molar-refractivity contribution in [2.45, 2.75) is 18.9 Å². The van der Waals surface area contributed by atoms with Crippen LogP contribution in [-0.4, -0.2) is 26.6 Å². The molecule has 7 rings (SSSR count). The minimum absolute atomic E-state index is 0.00849. The van der Waals surface area contributed by atoms with E-state index < -0.39 is 0 Å². The van der Waals surface area contributed by atoms with E-state index in [1.54, 1.807) is 24.3 Å². The lowest BCUT2D eigenvalue weighted by atomic mass is 10.0. The Morgan fingerprint density at radius 1 is 0.413 bits per heavy atom. The zero-order valence-corrected chi connectivity index (χ0v) is 27.2. The Morgan fingerprint density at radius 3 is 1.04 bits per heavy atom. The molecule has 2 N–H and O–H groups in total. The zero-order chi connectivity index (χ0) is 31.6. The molecule has 1 aliphatic heterocycles. The van der Waals surface area contributed by atoms with E-state index in [1.165, 1.54) is 18.9 Å². The van der Waals surface area contributed by atoms with Crippen molar-refractivity contribution < 1.29 is 14.6 Å². The van der Waals surface area contributed by atoms with Gasteiger partial charge in [-0.2, -0.15) is 0 Å². The molecule has 0 bridgehead atoms. The first kappa shape index (κ1) is 30.7. The standard InChI is InChI=1S/C36H28N2O2.C4H10OSi/c39-35-23-19-33(20-24-35)37(29-7-3-1-4-8-29)31-15-11-27(12-16-31)28-13-17-32(18-14-28)38(30-9-5-2-6-10-30)34-21-25-36(40)26-22-34;1-2-4-6-5-3-1/h1-26,39-40H;1-4,6H2. The molecule has 5 nitrogen and oxygen atoms in total. The van der Waals surface area contributed by atoms with Crippen molar-refractivity contribution in [1.29, 1.82) is 0 Å². The van der Waals surface area contributed by atoms with Crippen molar-refractivity contribution in [2.75, 3.05) is 16.4 Å². The van der Waals surface area contributed by atoms with Crippen LogP contribution in [0.3, 0.4) is 0 Å². The fourth-order valence-corrected chi connectivity index (χ4v) is 6.72. The maximum Gasteiger partial charge on any atom is 0.161 e. The summed E-state index contributed by atoms with van der Waals surface area (Å²) in [5.74, 6) is 0.485. The summed E-state index contributed by atoms with van der Waals surface area (Å²) in [4.78, 5) is 4.34. The fraction of sp³-hybridized carbons (Fsp3) is 0.100. The second-order valence-corrected chi connectivity index (χ2v) is 12.7. The Kier molecular flexibility index (Phi) is 10.1. The third-order valence-electron chi connectivity index (χ3n) is 7.91. The van der Waals surface area contributed by atoms with Gasteiger partial charge in [-0.3, -0.25) is 0 Å². The van der Waals surface area contributed by atoms with Gasteiger partial charge in [0.15, 0.2) is 9.76 Å². The van der Waals surface area contributed by atoms with Gasteiger partial charge in [-0.25, -0.2) is 0 Å². The molecule has 0 atom stereocenters. The van der Waals surface area contributed by atoms with Crippen molar-refractivity contribution in [1.82, 2.24) is 0 Å². The highest BCUT2D eigenvalue weighted by Crippen LogP contribution is 2.38. The minimum atomic E-state index is 0.00849. The summed E-state index contributed by atoms with van der Waals surface area (Å²) in [6.45, 7) is 1.06. The number of benzene rings is 6. The Morgan fingerprint density at radius 2 is 0.761 bits per heavy atom. The van der Waals surface area contributed by atoms with Crippen molar-refractivity contribution in [3.63, 3.8) is 0 Å².